The zero-order valence-electron chi connectivity index (χ0n) is 14.1. The second-order valence-electron chi connectivity index (χ2n) is 5.82. The van der Waals surface area contributed by atoms with Gasteiger partial charge in [-0.1, -0.05) is 30.3 Å². The van der Waals surface area contributed by atoms with Gasteiger partial charge in [-0.3, -0.25) is 0 Å². The predicted octanol–water partition coefficient (Wildman–Crippen LogP) is 3.89. The highest BCUT2D eigenvalue weighted by molar-refractivity contribution is 5.89. The largest absolute Gasteiger partial charge is 0.334 e. The van der Waals surface area contributed by atoms with Crippen LogP contribution in [0.2, 0.25) is 0 Å². The van der Waals surface area contributed by atoms with Crippen molar-refractivity contribution in [1.82, 2.24) is 14.5 Å². The molecule has 0 radical (unpaired) electrons. The fraction of sp³-hybridized carbons (Fsp3) is 0.158. The molecule has 25 heavy (non-hydrogen) atoms. The molecule has 0 fully saturated rings. The van der Waals surface area contributed by atoms with Gasteiger partial charge >= 0.3 is 6.03 Å². The maximum atomic E-state index is 13.7. The van der Waals surface area contributed by atoms with E-state index in [1.54, 1.807) is 37.5 Å². The van der Waals surface area contributed by atoms with Crippen molar-refractivity contribution in [2.24, 2.45) is 7.05 Å². The number of hydrogen-bond acceptors (Lipinski definition) is 2. The first kappa shape index (κ1) is 16.7. The molecular weight excluding hydrogens is 319 g/mol. The maximum absolute atomic E-state index is 13.7. The van der Waals surface area contributed by atoms with E-state index in [-0.39, 0.29) is 18.4 Å². The number of aryl methyl sites for hydroxylation is 1. The molecule has 1 aromatic heterocycles. The Labute approximate surface area is 145 Å². The topological polar surface area (TPSA) is 50.2 Å². The Morgan fingerprint density at radius 3 is 2.76 bits per heavy atom. The molecule has 0 unspecified atom stereocenters. The van der Waals surface area contributed by atoms with Crippen LogP contribution in [0.15, 0.2) is 60.9 Å². The fourth-order valence-corrected chi connectivity index (χ4v) is 2.55. The van der Waals surface area contributed by atoms with Gasteiger partial charge in [0.25, 0.3) is 0 Å². The predicted molar refractivity (Wildman–Crippen MR) is 95.5 cm³/mol. The molecule has 128 valence electrons. The quantitative estimate of drug-likeness (QED) is 0.784. The summed E-state index contributed by atoms with van der Waals surface area (Å²) in [6.07, 6.45) is 3.59. The van der Waals surface area contributed by atoms with Crippen LogP contribution in [0, 0.1) is 5.82 Å². The van der Waals surface area contributed by atoms with E-state index in [9.17, 15) is 9.18 Å². The SMILES string of the molecule is CN(Cc1ccccc1F)C(=O)Nc1cccc(-c2nccn2C)c1. The molecular formula is C19H19FN4O. The first-order chi connectivity index (χ1) is 12.0. The molecule has 2 amide bonds. The molecule has 0 aliphatic carbocycles. The first-order valence-electron chi connectivity index (χ1n) is 7.88. The summed E-state index contributed by atoms with van der Waals surface area (Å²) in [7, 11) is 3.54. The summed E-state index contributed by atoms with van der Waals surface area (Å²) < 4.78 is 15.6. The average Bonchev–Trinajstić information content (AvgIpc) is 3.03. The van der Waals surface area contributed by atoms with Crippen LogP contribution in [-0.4, -0.2) is 27.5 Å². The van der Waals surface area contributed by atoms with Gasteiger partial charge in [0.2, 0.25) is 0 Å². The zero-order chi connectivity index (χ0) is 17.8. The number of hydrogen-bond donors (Lipinski definition) is 1. The lowest BCUT2D eigenvalue weighted by atomic mass is 10.2. The van der Waals surface area contributed by atoms with E-state index in [0.29, 0.717) is 11.3 Å². The summed E-state index contributed by atoms with van der Waals surface area (Å²) in [6, 6.07) is 13.6. The molecule has 6 heteroatoms. The van der Waals surface area contributed by atoms with Crippen LogP contribution in [-0.2, 0) is 13.6 Å². The molecule has 3 aromatic rings. The Morgan fingerprint density at radius 1 is 1.24 bits per heavy atom. The van der Waals surface area contributed by atoms with E-state index in [4.69, 9.17) is 0 Å². The van der Waals surface area contributed by atoms with Gasteiger partial charge in [-0.2, -0.15) is 0 Å². The lowest BCUT2D eigenvalue weighted by molar-refractivity contribution is 0.220. The van der Waals surface area contributed by atoms with Gasteiger partial charge in [0.15, 0.2) is 0 Å². The minimum Gasteiger partial charge on any atom is -0.334 e. The van der Waals surface area contributed by atoms with Crippen molar-refractivity contribution in [3.63, 3.8) is 0 Å². The number of rotatable bonds is 4. The van der Waals surface area contributed by atoms with E-state index in [2.05, 4.69) is 10.3 Å². The number of halogens is 1. The third kappa shape index (κ3) is 3.85. The summed E-state index contributed by atoms with van der Waals surface area (Å²) in [5.74, 6) is 0.495. The van der Waals surface area contributed by atoms with Gasteiger partial charge < -0.3 is 14.8 Å². The average molecular weight is 338 g/mol. The summed E-state index contributed by atoms with van der Waals surface area (Å²) in [4.78, 5) is 18.1. The highest BCUT2D eigenvalue weighted by Crippen LogP contribution is 2.21. The Balaban J connectivity index is 1.71. The molecule has 0 aliphatic heterocycles. The van der Waals surface area contributed by atoms with E-state index in [1.807, 2.05) is 36.0 Å². The summed E-state index contributed by atoms with van der Waals surface area (Å²) in [5.41, 5.74) is 2.04. The minimum absolute atomic E-state index is 0.192. The van der Waals surface area contributed by atoms with Crippen LogP contribution in [0.1, 0.15) is 5.56 Å². The van der Waals surface area contributed by atoms with Gasteiger partial charge in [-0.15, -0.1) is 0 Å². The summed E-state index contributed by atoms with van der Waals surface area (Å²) >= 11 is 0. The van der Waals surface area contributed by atoms with Crippen LogP contribution >= 0.6 is 0 Å². The van der Waals surface area contributed by atoms with Crippen molar-refractivity contribution in [1.29, 1.82) is 0 Å². The molecule has 5 nitrogen and oxygen atoms in total. The third-order valence-corrected chi connectivity index (χ3v) is 3.91. The molecule has 2 aromatic carbocycles. The van der Waals surface area contributed by atoms with E-state index >= 15 is 0 Å². The van der Waals surface area contributed by atoms with Crippen LogP contribution in [0.5, 0.6) is 0 Å². The van der Waals surface area contributed by atoms with Gasteiger partial charge in [0.05, 0.1) is 0 Å². The molecule has 0 bridgehead atoms. The zero-order valence-corrected chi connectivity index (χ0v) is 14.1. The lowest BCUT2D eigenvalue weighted by Crippen LogP contribution is -2.31. The van der Waals surface area contributed by atoms with Gasteiger partial charge in [-0.25, -0.2) is 14.2 Å². The molecule has 0 atom stereocenters. The second-order valence-corrected chi connectivity index (χ2v) is 5.82. The Morgan fingerprint density at radius 2 is 2.04 bits per heavy atom. The normalized spacial score (nSPS) is 10.5. The van der Waals surface area contributed by atoms with Gasteiger partial charge in [-0.05, 0) is 18.2 Å². The van der Waals surface area contributed by atoms with Crippen LogP contribution in [0.4, 0.5) is 14.9 Å². The fourth-order valence-electron chi connectivity index (χ4n) is 2.55. The molecule has 0 spiro atoms. The second kappa shape index (κ2) is 7.17. The van der Waals surface area contributed by atoms with Crippen LogP contribution < -0.4 is 5.32 Å². The van der Waals surface area contributed by atoms with Crippen LogP contribution in [0.25, 0.3) is 11.4 Å². The van der Waals surface area contributed by atoms with E-state index in [1.165, 1.54) is 11.0 Å². The Kier molecular flexibility index (Phi) is 4.79. The Hall–Kier alpha value is -3.15. The van der Waals surface area contributed by atoms with Crippen molar-refractivity contribution in [2.45, 2.75) is 6.54 Å². The Bertz CT molecular complexity index is 890. The maximum Gasteiger partial charge on any atom is 0.321 e. The number of aromatic nitrogens is 2. The van der Waals surface area contributed by atoms with Crippen molar-refractivity contribution >= 4 is 11.7 Å². The standard InChI is InChI=1S/C19H19FN4O/c1-23-11-10-21-18(23)14-7-5-8-16(12-14)22-19(25)24(2)13-15-6-3-4-9-17(15)20/h3-12H,13H2,1-2H3,(H,22,25). The number of urea groups is 1. The molecule has 3 rings (SSSR count). The molecule has 1 N–H and O–H groups in total. The molecule has 0 saturated heterocycles. The molecule has 1 heterocycles. The lowest BCUT2D eigenvalue weighted by Gasteiger charge is -2.18. The number of amides is 2. The number of nitrogens with one attached hydrogen (secondary N) is 1. The monoisotopic (exact) mass is 338 g/mol. The molecule has 0 aliphatic rings. The molecule has 0 saturated carbocycles. The van der Waals surface area contributed by atoms with Crippen LogP contribution in [0.3, 0.4) is 0 Å². The highest BCUT2D eigenvalue weighted by Gasteiger charge is 2.12. The minimum atomic E-state index is -0.320. The highest BCUT2D eigenvalue weighted by atomic mass is 19.1. The first-order valence-corrected chi connectivity index (χ1v) is 7.88. The van der Waals surface area contributed by atoms with Gasteiger partial charge in [0.1, 0.15) is 11.6 Å². The van der Waals surface area contributed by atoms with Crippen molar-refractivity contribution < 1.29 is 9.18 Å². The van der Waals surface area contributed by atoms with Crippen molar-refractivity contribution in [2.75, 3.05) is 12.4 Å². The summed E-state index contributed by atoms with van der Waals surface area (Å²) in [5, 5.41) is 2.83. The van der Waals surface area contributed by atoms with E-state index < -0.39 is 0 Å². The number of benzene rings is 2. The number of carbonyl (C=O) groups is 1. The van der Waals surface area contributed by atoms with Crippen molar-refractivity contribution in [3.05, 3.63) is 72.3 Å². The number of nitrogens with zero attached hydrogens (tertiary/aromatic N) is 3. The summed E-state index contributed by atoms with van der Waals surface area (Å²) in [6.45, 7) is 0.192. The number of anilines is 1. The smallest absolute Gasteiger partial charge is 0.321 e. The van der Waals surface area contributed by atoms with Crippen molar-refractivity contribution in [3.8, 4) is 11.4 Å². The third-order valence-electron chi connectivity index (χ3n) is 3.91. The number of carbonyl (C=O) groups excluding carboxylic acids is 1. The van der Waals surface area contributed by atoms with E-state index in [0.717, 1.165) is 11.4 Å². The number of imidazole rings is 1. The van der Waals surface area contributed by atoms with Gasteiger partial charge in [0, 0.05) is 49.8 Å².